The molecule has 1 aromatic heterocycles. The first kappa shape index (κ1) is 22.4. The van der Waals surface area contributed by atoms with Gasteiger partial charge in [-0.3, -0.25) is 4.79 Å². The second-order valence-corrected chi connectivity index (χ2v) is 11.7. The predicted octanol–water partition coefficient (Wildman–Crippen LogP) is 5.47. The zero-order chi connectivity index (χ0) is 23.1. The average molecular weight is 460 g/mol. The van der Waals surface area contributed by atoms with E-state index in [9.17, 15) is 4.79 Å². The summed E-state index contributed by atoms with van der Waals surface area (Å²) in [5.74, 6) is 1.77. The molecular formula is C30H41N3O. The molecule has 1 saturated carbocycles. The molecule has 4 aliphatic rings. The molecule has 2 aromatic rings. The molecule has 1 aromatic carbocycles. The lowest BCUT2D eigenvalue weighted by molar-refractivity contribution is -0.143. The van der Waals surface area contributed by atoms with Gasteiger partial charge in [0.25, 0.3) is 0 Å². The van der Waals surface area contributed by atoms with Crippen LogP contribution in [0.1, 0.15) is 86.2 Å². The van der Waals surface area contributed by atoms with Gasteiger partial charge in [-0.05, 0) is 80.9 Å². The molecule has 2 saturated heterocycles. The molecule has 34 heavy (non-hydrogen) atoms. The summed E-state index contributed by atoms with van der Waals surface area (Å²) in [4.78, 5) is 20.5. The molecule has 0 radical (unpaired) electrons. The van der Waals surface area contributed by atoms with Crippen LogP contribution in [0.2, 0.25) is 0 Å². The molecule has 2 aliphatic carbocycles. The fourth-order valence-corrected chi connectivity index (χ4v) is 8.09. The average Bonchev–Trinajstić information content (AvgIpc) is 3.48. The van der Waals surface area contributed by atoms with Crippen molar-refractivity contribution in [3.63, 3.8) is 0 Å². The van der Waals surface area contributed by atoms with Crippen molar-refractivity contribution < 1.29 is 4.79 Å². The molecule has 4 nitrogen and oxygen atoms in total. The Balaban J connectivity index is 1.30. The number of hydrogen-bond donors (Lipinski definition) is 2. The maximum absolute atomic E-state index is 14.5. The molecule has 3 fully saturated rings. The predicted molar refractivity (Wildman–Crippen MR) is 137 cm³/mol. The third-order valence-corrected chi connectivity index (χ3v) is 9.77. The smallest absolute Gasteiger partial charge is 0.228 e. The van der Waals surface area contributed by atoms with Crippen LogP contribution in [0, 0.1) is 18.8 Å². The number of likely N-dealkylation sites (tertiary alicyclic amines) is 1. The number of amides is 1. The minimum atomic E-state index is -0.0250. The number of hydrogen-bond acceptors (Lipinski definition) is 2. The maximum atomic E-state index is 14.5. The number of rotatable bonds is 3. The van der Waals surface area contributed by atoms with Crippen LogP contribution < -0.4 is 5.32 Å². The van der Waals surface area contributed by atoms with Crippen LogP contribution in [0.15, 0.2) is 36.4 Å². The molecule has 0 bridgehead atoms. The summed E-state index contributed by atoms with van der Waals surface area (Å²) in [6.45, 7) is 4.87. The number of nitrogens with one attached hydrogen (secondary N) is 2. The van der Waals surface area contributed by atoms with E-state index in [0.717, 1.165) is 45.3 Å². The van der Waals surface area contributed by atoms with Crippen molar-refractivity contribution in [1.82, 2.24) is 15.2 Å². The summed E-state index contributed by atoms with van der Waals surface area (Å²) in [5.41, 5.74) is 5.51. The number of nitrogens with zero attached hydrogens (tertiary/aromatic N) is 1. The summed E-state index contributed by atoms with van der Waals surface area (Å²) in [6.07, 6.45) is 12.3. The summed E-state index contributed by atoms with van der Waals surface area (Å²) in [5, 5.41) is 3.67. The van der Waals surface area contributed by atoms with E-state index in [2.05, 4.69) is 58.5 Å². The molecule has 6 rings (SSSR count). The van der Waals surface area contributed by atoms with E-state index in [1.54, 1.807) is 0 Å². The van der Waals surface area contributed by atoms with Gasteiger partial charge >= 0.3 is 0 Å². The molecule has 4 heteroatoms. The fourth-order valence-electron chi connectivity index (χ4n) is 8.09. The Kier molecular flexibility index (Phi) is 6.05. The minimum Gasteiger partial charge on any atom is -0.362 e. The second-order valence-electron chi connectivity index (χ2n) is 11.7. The van der Waals surface area contributed by atoms with Gasteiger partial charge < -0.3 is 15.2 Å². The van der Waals surface area contributed by atoms with Gasteiger partial charge in [0.1, 0.15) is 0 Å². The number of carbonyl (C=O) groups excluding carboxylic acids is 1. The van der Waals surface area contributed by atoms with Crippen molar-refractivity contribution in [2.45, 2.75) is 88.5 Å². The summed E-state index contributed by atoms with van der Waals surface area (Å²) in [6, 6.07) is 13.8. The highest BCUT2D eigenvalue weighted by molar-refractivity contribution is 5.82. The van der Waals surface area contributed by atoms with Crippen molar-refractivity contribution in [2.75, 3.05) is 19.6 Å². The highest BCUT2D eigenvalue weighted by Gasteiger charge is 2.52. The van der Waals surface area contributed by atoms with Crippen LogP contribution in [0.5, 0.6) is 0 Å². The first-order valence-electron chi connectivity index (χ1n) is 13.9. The van der Waals surface area contributed by atoms with Crippen molar-refractivity contribution in [1.29, 1.82) is 0 Å². The van der Waals surface area contributed by atoms with E-state index in [1.165, 1.54) is 61.0 Å². The van der Waals surface area contributed by atoms with Crippen molar-refractivity contribution in [2.24, 2.45) is 11.8 Å². The second kappa shape index (κ2) is 9.18. The van der Waals surface area contributed by atoms with Gasteiger partial charge in [-0.25, -0.2) is 0 Å². The molecule has 1 spiro atoms. The molecular weight excluding hydrogens is 418 g/mol. The van der Waals surface area contributed by atoms with Crippen LogP contribution in [0.3, 0.4) is 0 Å². The van der Waals surface area contributed by atoms with Crippen molar-refractivity contribution in [3.05, 3.63) is 58.9 Å². The fraction of sp³-hybridized carbons (Fsp3) is 0.633. The number of aromatic nitrogens is 1. The Morgan fingerprint density at radius 1 is 1.06 bits per heavy atom. The van der Waals surface area contributed by atoms with Gasteiger partial charge in [0.05, 0.1) is 5.92 Å². The van der Waals surface area contributed by atoms with Crippen LogP contribution in [0.25, 0.3) is 0 Å². The lowest BCUT2D eigenvalue weighted by Crippen LogP contribution is -2.55. The molecule has 2 N–H and O–H groups in total. The monoisotopic (exact) mass is 459 g/mol. The first-order valence-corrected chi connectivity index (χ1v) is 13.9. The molecule has 4 atom stereocenters. The quantitative estimate of drug-likeness (QED) is 0.639. The Bertz CT molecular complexity index is 1010. The summed E-state index contributed by atoms with van der Waals surface area (Å²) < 4.78 is 0. The Labute approximate surface area is 204 Å². The summed E-state index contributed by atoms with van der Waals surface area (Å²) in [7, 11) is 0. The Morgan fingerprint density at radius 2 is 1.88 bits per heavy atom. The standard InChI is InChI=1S/C30H41N3O/c1-21-17-25-27(32-21)13-8-15-30(25)20-31-19-26(30)29(34)33-16-14-24(22-9-4-2-5-10-22)18-28(33)23-11-6-3-7-12-23/h2,4-5,9-10,17,23-24,26,28,31-32H,3,6-8,11-16,18-20H2,1H3. The largest absolute Gasteiger partial charge is 0.362 e. The zero-order valence-electron chi connectivity index (χ0n) is 20.8. The third-order valence-electron chi connectivity index (χ3n) is 9.77. The van der Waals surface area contributed by atoms with Gasteiger partial charge in [-0.2, -0.15) is 0 Å². The Morgan fingerprint density at radius 3 is 2.71 bits per heavy atom. The van der Waals surface area contributed by atoms with Crippen LogP contribution in [-0.2, 0) is 16.6 Å². The number of aryl methyl sites for hydroxylation is 2. The van der Waals surface area contributed by atoms with Gasteiger partial charge in [-0.15, -0.1) is 0 Å². The third kappa shape index (κ3) is 3.82. The highest BCUT2D eigenvalue weighted by atomic mass is 16.2. The highest BCUT2D eigenvalue weighted by Crippen LogP contribution is 2.47. The van der Waals surface area contributed by atoms with Gasteiger partial charge in [0.15, 0.2) is 0 Å². The van der Waals surface area contributed by atoms with E-state index in [4.69, 9.17) is 0 Å². The lowest BCUT2D eigenvalue weighted by atomic mass is 9.65. The Hall–Kier alpha value is -2.07. The topological polar surface area (TPSA) is 48.1 Å². The SMILES string of the molecule is Cc1cc2c([nH]1)CCCC21CNCC1C(=O)N1CCC(c2ccccc2)CC1C1CCCCC1. The molecule has 1 amide bonds. The number of fused-ring (bicyclic) bond motifs is 2. The molecule has 2 aliphatic heterocycles. The minimum absolute atomic E-state index is 0.0250. The number of benzene rings is 1. The van der Waals surface area contributed by atoms with Crippen molar-refractivity contribution >= 4 is 5.91 Å². The van der Waals surface area contributed by atoms with Gasteiger partial charge in [0, 0.05) is 42.5 Å². The number of carbonyl (C=O) groups is 1. The number of H-pyrrole nitrogens is 1. The van der Waals surface area contributed by atoms with E-state index in [0.29, 0.717) is 23.8 Å². The van der Waals surface area contributed by atoms with Crippen LogP contribution in [-0.4, -0.2) is 41.5 Å². The van der Waals surface area contributed by atoms with Gasteiger partial charge in [0.2, 0.25) is 5.91 Å². The van der Waals surface area contributed by atoms with E-state index < -0.39 is 0 Å². The molecule has 182 valence electrons. The lowest BCUT2D eigenvalue weighted by Gasteiger charge is -2.47. The number of aromatic amines is 1. The molecule has 4 unspecified atom stereocenters. The first-order chi connectivity index (χ1) is 16.7. The van der Waals surface area contributed by atoms with Crippen molar-refractivity contribution in [3.8, 4) is 0 Å². The maximum Gasteiger partial charge on any atom is 0.228 e. The zero-order valence-corrected chi connectivity index (χ0v) is 20.8. The van der Waals surface area contributed by atoms with Gasteiger partial charge in [-0.1, -0.05) is 49.6 Å². The van der Waals surface area contributed by atoms with Crippen LogP contribution in [0.4, 0.5) is 0 Å². The number of piperidine rings is 1. The normalized spacial score (nSPS) is 32.1. The van der Waals surface area contributed by atoms with E-state index in [1.807, 2.05) is 0 Å². The van der Waals surface area contributed by atoms with E-state index >= 15 is 0 Å². The molecule has 3 heterocycles. The van der Waals surface area contributed by atoms with E-state index in [-0.39, 0.29) is 11.3 Å². The van der Waals surface area contributed by atoms with Crippen LogP contribution >= 0.6 is 0 Å². The summed E-state index contributed by atoms with van der Waals surface area (Å²) >= 11 is 0.